The Morgan fingerprint density at radius 1 is 1.18 bits per heavy atom. The first-order chi connectivity index (χ1) is 13.3. The maximum Gasteiger partial charge on any atom is 0.418 e. The molecule has 0 unspecified atom stereocenters. The Morgan fingerprint density at radius 3 is 2.57 bits per heavy atom. The molecule has 3 N–H and O–H groups in total. The maximum atomic E-state index is 13.2. The van der Waals surface area contributed by atoms with E-state index in [-0.39, 0.29) is 17.2 Å². The van der Waals surface area contributed by atoms with Gasteiger partial charge in [-0.05, 0) is 37.1 Å². The predicted octanol–water partition coefficient (Wildman–Crippen LogP) is 4.62. The average Bonchev–Trinajstić information content (AvgIpc) is 3.29. The van der Waals surface area contributed by atoms with E-state index in [4.69, 9.17) is 0 Å². The molecular weight excluding hydrogens is 373 g/mol. The fourth-order valence-electron chi connectivity index (χ4n) is 3.46. The van der Waals surface area contributed by atoms with Crippen molar-refractivity contribution in [1.82, 2.24) is 9.97 Å². The third-order valence-corrected chi connectivity index (χ3v) is 4.76. The number of fused-ring (bicyclic) bond motifs is 1. The van der Waals surface area contributed by atoms with Gasteiger partial charge in [-0.3, -0.25) is 0 Å². The molecular formula is C19H17F3N4O2. The van der Waals surface area contributed by atoms with Crippen LogP contribution in [-0.2, 0) is 6.18 Å². The number of carbonyl (C=O) groups is 1. The Kier molecular flexibility index (Phi) is 4.37. The van der Waals surface area contributed by atoms with Gasteiger partial charge in [-0.25, -0.2) is 9.78 Å². The zero-order valence-corrected chi connectivity index (χ0v) is 14.7. The van der Waals surface area contributed by atoms with Gasteiger partial charge < -0.3 is 20.3 Å². The first-order valence-corrected chi connectivity index (χ1v) is 8.78. The van der Waals surface area contributed by atoms with Gasteiger partial charge in [-0.2, -0.15) is 13.2 Å². The normalized spacial score (nSPS) is 14.6. The third-order valence-electron chi connectivity index (χ3n) is 4.76. The van der Waals surface area contributed by atoms with Crippen LogP contribution >= 0.6 is 0 Å². The lowest BCUT2D eigenvalue weighted by Gasteiger charge is -2.19. The van der Waals surface area contributed by atoms with Crippen LogP contribution in [0.3, 0.4) is 0 Å². The quantitative estimate of drug-likeness (QED) is 0.606. The smallest absolute Gasteiger partial charge is 0.418 e. The van der Waals surface area contributed by atoms with Crippen molar-refractivity contribution >= 4 is 34.3 Å². The van der Waals surface area contributed by atoms with Gasteiger partial charge in [0.15, 0.2) is 0 Å². The number of H-pyrrole nitrogens is 1. The molecule has 28 heavy (non-hydrogen) atoms. The zero-order valence-electron chi connectivity index (χ0n) is 14.7. The standard InChI is InChI=1S/C19H17F3N4O2/c20-19(21,22)12-5-1-2-6-13(12)23-18-24-14-9-11(17(27)28)16(10-15(14)25-18)26-7-3-4-8-26/h1-2,5-6,9-10H,3-4,7-8H2,(H,27,28)(H2,23,24,25). The summed E-state index contributed by atoms with van der Waals surface area (Å²) in [4.78, 5) is 20.8. The molecule has 2 aromatic carbocycles. The van der Waals surface area contributed by atoms with Crippen molar-refractivity contribution in [2.45, 2.75) is 19.0 Å². The highest BCUT2D eigenvalue weighted by atomic mass is 19.4. The summed E-state index contributed by atoms with van der Waals surface area (Å²) in [5.74, 6) is -0.947. The van der Waals surface area contributed by atoms with E-state index in [1.807, 2.05) is 4.90 Å². The lowest BCUT2D eigenvalue weighted by Crippen LogP contribution is -2.20. The fraction of sp³-hybridized carbons (Fsp3) is 0.263. The number of hydrogen-bond acceptors (Lipinski definition) is 4. The van der Waals surface area contributed by atoms with Gasteiger partial charge in [0.2, 0.25) is 5.95 Å². The van der Waals surface area contributed by atoms with Gasteiger partial charge in [-0.1, -0.05) is 12.1 Å². The lowest BCUT2D eigenvalue weighted by molar-refractivity contribution is -0.136. The molecule has 0 bridgehead atoms. The third kappa shape index (κ3) is 3.35. The number of carboxylic acids is 1. The molecule has 1 aliphatic rings. The molecule has 0 saturated carbocycles. The first kappa shape index (κ1) is 18.1. The summed E-state index contributed by atoms with van der Waals surface area (Å²) in [6.45, 7) is 1.53. The summed E-state index contributed by atoms with van der Waals surface area (Å²) < 4.78 is 39.5. The van der Waals surface area contributed by atoms with Crippen molar-refractivity contribution in [2.24, 2.45) is 0 Å². The van der Waals surface area contributed by atoms with E-state index in [0.29, 0.717) is 16.7 Å². The molecule has 1 aliphatic heterocycles. The number of rotatable bonds is 4. The second-order valence-corrected chi connectivity index (χ2v) is 6.64. The Labute approximate surface area is 158 Å². The number of benzene rings is 2. The number of aromatic carboxylic acids is 1. The van der Waals surface area contributed by atoms with Crippen molar-refractivity contribution in [1.29, 1.82) is 0 Å². The molecule has 1 fully saturated rings. The van der Waals surface area contributed by atoms with Crippen LogP contribution in [0.25, 0.3) is 11.0 Å². The van der Waals surface area contributed by atoms with Crippen LogP contribution in [0.1, 0.15) is 28.8 Å². The van der Waals surface area contributed by atoms with Crippen LogP contribution in [0, 0.1) is 0 Å². The summed E-state index contributed by atoms with van der Waals surface area (Å²) in [6, 6.07) is 8.25. The minimum absolute atomic E-state index is 0.113. The summed E-state index contributed by atoms with van der Waals surface area (Å²) in [5.41, 5.74) is 0.699. The number of alkyl halides is 3. The number of para-hydroxylation sites is 1. The fourth-order valence-corrected chi connectivity index (χ4v) is 3.46. The molecule has 1 saturated heterocycles. The van der Waals surface area contributed by atoms with E-state index in [2.05, 4.69) is 15.3 Å². The molecule has 0 atom stereocenters. The van der Waals surface area contributed by atoms with Gasteiger partial charge in [0, 0.05) is 13.1 Å². The first-order valence-electron chi connectivity index (χ1n) is 8.78. The number of anilines is 3. The minimum atomic E-state index is -4.50. The van der Waals surface area contributed by atoms with E-state index in [9.17, 15) is 23.1 Å². The second-order valence-electron chi connectivity index (χ2n) is 6.64. The van der Waals surface area contributed by atoms with Crippen LogP contribution in [0.4, 0.5) is 30.5 Å². The highest BCUT2D eigenvalue weighted by Crippen LogP contribution is 2.36. The maximum absolute atomic E-state index is 13.2. The number of halogens is 3. The monoisotopic (exact) mass is 390 g/mol. The molecule has 0 aliphatic carbocycles. The van der Waals surface area contributed by atoms with Crippen LogP contribution < -0.4 is 10.2 Å². The topological polar surface area (TPSA) is 81.2 Å². The van der Waals surface area contributed by atoms with Crippen molar-refractivity contribution in [2.75, 3.05) is 23.3 Å². The summed E-state index contributed by atoms with van der Waals surface area (Å²) in [6.07, 6.45) is -2.54. The van der Waals surface area contributed by atoms with Crippen LogP contribution in [0.15, 0.2) is 36.4 Å². The second kappa shape index (κ2) is 6.74. The van der Waals surface area contributed by atoms with Gasteiger partial charge in [0.25, 0.3) is 0 Å². The van der Waals surface area contributed by atoms with Crippen LogP contribution in [-0.4, -0.2) is 34.1 Å². The highest BCUT2D eigenvalue weighted by Gasteiger charge is 2.33. The number of nitrogens with one attached hydrogen (secondary N) is 2. The SMILES string of the molecule is O=C(O)c1cc2[nH]c(Nc3ccccc3C(F)(F)F)nc2cc1N1CCCC1. The lowest BCUT2D eigenvalue weighted by atomic mass is 10.1. The number of aromatic nitrogens is 2. The largest absolute Gasteiger partial charge is 0.478 e. The molecule has 9 heteroatoms. The highest BCUT2D eigenvalue weighted by molar-refractivity contribution is 6.00. The van der Waals surface area contributed by atoms with Gasteiger partial charge in [-0.15, -0.1) is 0 Å². The number of hydrogen-bond donors (Lipinski definition) is 3. The molecule has 0 radical (unpaired) electrons. The summed E-state index contributed by atoms with van der Waals surface area (Å²) in [5, 5.41) is 12.2. The van der Waals surface area contributed by atoms with Crippen molar-refractivity contribution in [3.8, 4) is 0 Å². The molecule has 4 rings (SSSR count). The minimum Gasteiger partial charge on any atom is -0.478 e. The molecule has 2 heterocycles. The number of carboxylic acid groups (broad SMARTS) is 1. The Balaban J connectivity index is 1.74. The van der Waals surface area contributed by atoms with Crippen LogP contribution in [0.5, 0.6) is 0 Å². The van der Waals surface area contributed by atoms with E-state index >= 15 is 0 Å². The van der Waals surface area contributed by atoms with Crippen molar-refractivity contribution in [3.63, 3.8) is 0 Å². The molecule has 1 aromatic heterocycles. The van der Waals surface area contributed by atoms with E-state index < -0.39 is 17.7 Å². The Bertz CT molecular complexity index is 1040. The molecule has 146 valence electrons. The van der Waals surface area contributed by atoms with Gasteiger partial charge in [0.1, 0.15) is 0 Å². The van der Waals surface area contributed by atoms with Gasteiger partial charge >= 0.3 is 12.1 Å². The molecule has 3 aromatic rings. The van der Waals surface area contributed by atoms with E-state index in [1.165, 1.54) is 24.3 Å². The summed E-state index contributed by atoms with van der Waals surface area (Å²) >= 11 is 0. The number of imidazole rings is 1. The van der Waals surface area contributed by atoms with E-state index in [1.54, 1.807) is 6.07 Å². The van der Waals surface area contributed by atoms with Crippen molar-refractivity contribution < 1.29 is 23.1 Å². The molecule has 0 spiro atoms. The predicted molar refractivity (Wildman–Crippen MR) is 99.2 cm³/mol. The summed E-state index contributed by atoms with van der Waals surface area (Å²) in [7, 11) is 0. The average molecular weight is 390 g/mol. The zero-order chi connectivity index (χ0) is 19.9. The Morgan fingerprint density at radius 2 is 1.89 bits per heavy atom. The van der Waals surface area contributed by atoms with Crippen LogP contribution in [0.2, 0.25) is 0 Å². The van der Waals surface area contributed by atoms with Gasteiger partial charge in [0.05, 0.1) is 33.5 Å². The van der Waals surface area contributed by atoms with Crippen molar-refractivity contribution in [3.05, 3.63) is 47.5 Å². The number of nitrogens with zero attached hydrogens (tertiary/aromatic N) is 2. The number of aromatic amines is 1. The molecule has 6 nitrogen and oxygen atoms in total. The Hall–Kier alpha value is -3.23. The van der Waals surface area contributed by atoms with E-state index in [0.717, 1.165) is 32.0 Å². The molecule has 0 amide bonds.